The van der Waals surface area contributed by atoms with Crippen molar-refractivity contribution in [3.05, 3.63) is 28.2 Å². The van der Waals surface area contributed by atoms with Gasteiger partial charge in [0.05, 0.1) is 0 Å². The van der Waals surface area contributed by atoms with E-state index < -0.39 is 12.8 Å². The zero-order valence-electron chi connectivity index (χ0n) is 6.46. The number of hydrogen-bond donors (Lipinski definition) is 1. The number of rotatable bonds is 3. The molecule has 0 heterocycles. The van der Waals surface area contributed by atoms with Crippen LogP contribution in [0.3, 0.4) is 0 Å². The molecular formula is C8H6BrFO3. The first-order chi connectivity index (χ1) is 6.15. The molecule has 0 spiro atoms. The number of hydrogen-bond acceptors (Lipinski definition) is 2. The molecule has 13 heavy (non-hydrogen) atoms. The highest BCUT2D eigenvalue weighted by atomic mass is 79.9. The topological polar surface area (TPSA) is 46.5 Å². The molecule has 1 rings (SSSR count). The average molecular weight is 249 g/mol. The molecule has 0 radical (unpaired) electrons. The Morgan fingerprint density at radius 3 is 2.85 bits per heavy atom. The van der Waals surface area contributed by atoms with Crippen LogP contribution in [0.2, 0.25) is 0 Å². The average Bonchev–Trinajstić information content (AvgIpc) is 2.04. The number of alkyl halides is 1. The van der Waals surface area contributed by atoms with Crippen molar-refractivity contribution in [3.8, 4) is 5.75 Å². The Kier molecular flexibility index (Phi) is 3.25. The first-order valence-corrected chi connectivity index (χ1v) is 4.16. The Morgan fingerprint density at radius 1 is 1.62 bits per heavy atom. The molecule has 0 aliphatic rings. The molecule has 5 heteroatoms. The summed E-state index contributed by atoms with van der Waals surface area (Å²) >= 11 is 3.12. The van der Waals surface area contributed by atoms with Gasteiger partial charge in [0.1, 0.15) is 11.3 Å². The van der Waals surface area contributed by atoms with Crippen LogP contribution < -0.4 is 4.74 Å². The Balaban J connectivity index is 3.10. The van der Waals surface area contributed by atoms with E-state index in [1.54, 1.807) is 6.07 Å². The Labute approximate surface area is 82.3 Å². The maximum Gasteiger partial charge on any atom is 0.339 e. The summed E-state index contributed by atoms with van der Waals surface area (Å²) < 4.78 is 17.0. The van der Waals surface area contributed by atoms with E-state index in [4.69, 9.17) is 5.11 Å². The summed E-state index contributed by atoms with van der Waals surface area (Å²) in [6.07, 6.45) is 0. The van der Waals surface area contributed by atoms with Gasteiger partial charge in [0.25, 0.3) is 0 Å². The molecule has 3 nitrogen and oxygen atoms in total. The van der Waals surface area contributed by atoms with Crippen molar-refractivity contribution < 1.29 is 19.0 Å². The molecule has 0 bridgehead atoms. The van der Waals surface area contributed by atoms with Crippen LogP contribution in [0.25, 0.3) is 0 Å². The Morgan fingerprint density at radius 2 is 2.31 bits per heavy atom. The zero-order valence-corrected chi connectivity index (χ0v) is 8.04. The van der Waals surface area contributed by atoms with Crippen LogP contribution in [0.5, 0.6) is 5.75 Å². The fourth-order valence-corrected chi connectivity index (χ4v) is 1.19. The van der Waals surface area contributed by atoms with Crippen molar-refractivity contribution >= 4 is 21.9 Å². The summed E-state index contributed by atoms with van der Waals surface area (Å²) in [5.74, 6) is -1.12. The van der Waals surface area contributed by atoms with Gasteiger partial charge >= 0.3 is 5.97 Å². The van der Waals surface area contributed by atoms with E-state index >= 15 is 0 Å². The van der Waals surface area contributed by atoms with Crippen molar-refractivity contribution in [1.29, 1.82) is 0 Å². The predicted molar refractivity (Wildman–Crippen MR) is 47.7 cm³/mol. The Bertz CT molecular complexity index is 327. The van der Waals surface area contributed by atoms with E-state index in [1.807, 2.05) is 0 Å². The lowest BCUT2D eigenvalue weighted by Crippen LogP contribution is -2.01. The fraction of sp³-hybridized carbons (Fsp3) is 0.125. The minimum Gasteiger partial charge on any atom is -0.478 e. The van der Waals surface area contributed by atoms with Crippen molar-refractivity contribution in [2.75, 3.05) is 6.86 Å². The number of halogens is 2. The largest absolute Gasteiger partial charge is 0.478 e. The second-order valence-electron chi connectivity index (χ2n) is 2.20. The van der Waals surface area contributed by atoms with Crippen LogP contribution in [-0.4, -0.2) is 17.9 Å². The molecule has 0 saturated carbocycles. The van der Waals surface area contributed by atoms with E-state index in [2.05, 4.69) is 20.7 Å². The minimum absolute atomic E-state index is 0.0179. The van der Waals surface area contributed by atoms with Crippen molar-refractivity contribution in [1.82, 2.24) is 0 Å². The van der Waals surface area contributed by atoms with Gasteiger partial charge in [0.2, 0.25) is 6.86 Å². The normalized spacial score (nSPS) is 9.69. The summed E-state index contributed by atoms with van der Waals surface area (Å²) in [6, 6.07) is 4.30. The number of benzene rings is 1. The van der Waals surface area contributed by atoms with Gasteiger partial charge in [0, 0.05) is 4.47 Å². The smallest absolute Gasteiger partial charge is 0.339 e. The lowest BCUT2D eigenvalue weighted by molar-refractivity contribution is 0.0689. The van der Waals surface area contributed by atoms with Gasteiger partial charge < -0.3 is 9.84 Å². The summed E-state index contributed by atoms with van der Waals surface area (Å²) in [5, 5.41) is 8.67. The molecule has 1 N–H and O–H groups in total. The van der Waals surface area contributed by atoms with Crippen molar-refractivity contribution in [3.63, 3.8) is 0 Å². The molecule has 0 aliphatic heterocycles. The fourth-order valence-electron chi connectivity index (χ4n) is 0.851. The summed E-state index contributed by atoms with van der Waals surface area (Å²) in [4.78, 5) is 10.6. The van der Waals surface area contributed by atoms with Crippen LogP contribution in [-0.2, 0) is 0 Å². The highest BCUT2D eigenvalue weighted by Crippen LogP contribution is 2.23. The Hall–Kier alpha value is -1.10. The zero-order chi connectivity index (χ0) is 9.84. The summed E-state index contributed by atoms with van der Waals surface area (Å²) in [5.41, 5.74) is -0.0548. The SMILES string of the molecule is O=C(O)c1ccc(Br)cc1OCF. The highest BCUT2D eigenvalue weighted by Gasteiger charge is 2.10. The second-order valence-corrected chi connectivity index (χ2v) is 3.11. The van der Waals surface area contributed by atoms with Gasteiger partial charge in [-0.25, -0.2) is 9.18 Å². The van der Waals surface area contributed by atoms with Crippen molar-refractivity contribution in [2.45, 2.75) is 0 Å². The number of aromatic carboxylic acids is 1. The molecule has 0 aliphatic carbocycles. The molecule has 0 saturated heterocycles. The number of carbonyl (C=O) groups is 1. The molecule has 70 valence electrons. The molecule has 0 aromatic heterocycles. The standard InChI is InChI=1S/C8H6BrFO3/c9-5-1-2-6(8(11)12)7(3-5)13-4-10/h1-3H,4H2,(H,11,12). The van der Waals surface area contributed by atoms with E-state index in [0.29, 0.717) is 4.47 Å². The minimum atomic E-state index is -1.14. The van der Waals surface area contributed by atoms with Gasteiger partial charge in [-0.2, -0.15) is 0 Å². The third-order valence-electron chi connectivity index (χ3n) is 1.38. The van der Waals surface area contributed by atoms with Crippen LogP contribution >= 0.6 is 15.9 Å². The lowest BCUT2D eigenvalue weighted by Gasteiger charge is -2.05. The first-order valence-electron chi connectivity index (χ1n) is 3.36. The number of carboxylic acid groups (broad SMARTS) is 1. The van der Waals surface area contributed by atoms with Gasteiger partial charge in [-0.1, -0.05) is 15.9 Å². The molecule has 0 unspecified atom stereocenters. The number of carboxylic acids is 1. The molecule has 0 atom stereocenters. The quantitative estimate of drug-likeness (QED) is 0.894. The van der Waals surface area contributed by atoms with E-state index in [1.165, 1.54) is 12.1 Å². The van der Waals surface area contributed by atoms with Crippen molar-refractivity contribution in [2.24, 2.45) is 0 Å². The molecular weight excluding hydrogens is 243 g/mol. The van der Waals surface area contributed by atoms with Crippen LogP contribution in [0.15, 0.2) is 22.7 Å². The second kappa shape index (κ2) is 4.23. The molecule has 1 aromatic rings. The first kappa shape index (κ1) is 9.98. The number of ether oxygens (including phenoxy) is 1. The molecule has 1 aromatic carbocycles. The van der Waals surface area contributed by atoms with Crippen LogP contribution in [0, 0.1) is 0 Å². The third-order valence-corrected chi connectivity index (χ3v) is 1.88. The van der Waals surface area contributed by atoms with E-state index in [-0.39, 0.29) is 11.3 Å². The summed E-state index contributed by atoms with van der Waals surface area (Å²) in [7, 11) is 0. The monoisotopic (exact) mass is 248 g/mol. The molecule has 0 fully saturated rings. The van der Waals surface area contributed by atoms with Crippen LogP contribution in [0.1, 0.15) is 10.4 Å². The van der Waals surface area contributed by atoms with E-state index in [9.17, 15) is 9.18 Å². The van der Waals surface area contributed by atoms with Gasteiger partial charge in [0.15, 0.2) is 0 Å². The maximum absolute atomic E-state index is 11.8. The highest BCUT2D eigenvalue weighted by molar-refractivity contribution is 9.10. The van der Waals surface area contributed by atoms with Gasteiger partial charge in [-0.15, -0.1) is 0 Å². The molecule has 0 amide bonds. The summed E-state index contributed by atoms with van der Waals surface area (Å²) in [6.45, 7) is -1.04. The maximum atomic E-state index is 11.8. The van der Waals surface area contributed by atoms with E-state index in [0.717, 1.165) is 0 Å². The van der Waals surface area contributed by atoms with Gasteiger partial charge in [-0.3, -0.25) is 0 Å². The lowest BCUT2D eigenvalue weighted by atomic mass is 10.2. The van der Waals surface area contributed by atoms with Crippen LogP contribution in [0.4, 0.5) is 4.39 Å². The predicted octanol–water partition coefficient (Wildman–Crippen LogP) is 2.45. The third kappa shape index (κ3) is 2.42. The van der Waals surface area contributed by atoms with Gasteiger partial charge in [-0.05, 0) is 18.2 Å².